The number of rotatable bonds is 4. The summed E-state index contributed by atoms with van der Waals surface area (Å²) in [5.41, 5.74) is 4.06. The summed E-state index contributed by atoms with van der Waals surface area (Å²) >= 11 is 0. The van der Waals surface area contributed by atoms with Crippen LogP contribution in [0.4, 0.5) is 0 Å². The molecule has 4 heteroatoms. The lowest BCUT2D eigenvalue weighted by Gasteiger charge is -2.32. The predicted octanol–water partition coefficient (Wildman–Crippen LogP) is 4.08. The number of hydrogen-bond donors (Lipinski definition) is 0. The Bertz CT molecular complexity index is 675. The zero-order chi connectivity index (χ0) is 17.1. The van der Waals surface area contributed by atoms with E-state index < -0.39 is 0 Å². The normalized spacial score (nSPS) is 15.7. The lowest BCUT2D eigenvalue weighted by Crippen LogP contribution is -2.39. The third-order valence-electron chi connectivity index (χ3n) is 5.11. The highest BCUT2D eigenvalue weighted by atomic mass is 16.5. The molecule has 128 valence electrons. The van der Waals surface area contributed by atoms with Crippen molar-refractivity contribution in [2.24, 2.45) is 5.92 Å². The molecule has 0 aliphatic carbocycles. The van der Waals surface area contributed by atoms with E-state index in [-0.39, 0.29) is 5.91 Å². The molecule has 0 radical (unpaired) electrons. The van der Waals surface area contributed by atoms with Gasteiger partial charge in [0.05, 0.1) is 5.69 Å². The third-order valence-corrected chi connectivity index (χ3v) is 5.11. The lowest BCUT2D eigenvalue weighted by molar-refractivity contribution is 0.0684. The maximum Gasteiger partial charge on any atom is 0.259 e. The summed E-state index contributed by atoms with van der Waals surface area (Å²) in [4.78, 5) is 14.6. The largest absolute Gasteiger partial charge is 0.361 e. The van der Waals surface area contributed by atoms with Gasteiger partial charge in [0.25, 0.3) is 5.91 Å². The third kappa shape index (κ3) is 3.69. The SMILES string of the molecule is Cc1ccc(CCC2CCN(C(=O)c3c(C)noc3C)CC2)cc1. The van der Waals surface area contributed by atoms with Crippen molar-refractivity contribution >= 4 is 5.91 Å². The average Bonchev–Trinajstić information content (AvgIpc) is 2.93. The number of carbonyl (C=O) groups excluding carboxylic acids is 1. The summed E-state index contributed by atoms with van der Waals surface area (Å²) in [5, 5.41) is 3.89. The van der Waals surface area contributed by atoms with Crippen molar-refractivity contribution in [2.75, 3.05) is 13.1 Å². The molecule has 1 aromatic heterocycles. The number of aryl methyl sites for hydroxylation is 4. The quantitative estimate of drug-likeness (QED) is 0.850. The van der Waals surface area contributed by atoms with E-state index in [0.29, 0.717) is 22.9 Å². The molecular formula is C20H26N2O2. The highest BCUT2D eigenvalue weighted by Crippen LogP contribution is 2.25. The summed E-state index contributed by atoms with van der Waals surface area (Å²) in [6.45, 7) is 7.43. The topological polar surface area (TPSA) is 46.3 Å². The van der Waals surface area contributed by atoms with Crippen molar-refractivity contribution in [3.8, 4) is 0 Å². The second kappa shape index (κ2) is 7.20. The van der Waals surface area contributed by atoms with Gasteiger partial charge in [0.1, 0.15) is 11.3 Å². The molecule has 4 nitrogen and oxygen atoms in total. The summed E-state index contributed by atoms with van der Waals surface area (Å²) in [6, 6.07) is 8.82. The fourth-order valence-electron chi connectivity index (χ4n) is 3.50. The maximum atomic E-state index is 12.6. The zero-order valence-electron chi connectivity index (χ0n) is 14.8. The van der Waals surface area contributed by atoms with Crippen LogP contribution in [-0.4, -0.2) is 29.1 Å². The van der Waals surface area contributed by atoms with Crippen LogP contribution in [0.25, 0.3) is 0 Å². The van der Waals surface area contributed by atoms with Crippen molar-refractivity contribution in [3.63, 3.8) is 0 Å². The second-order valence-electron chi connectivity index (χ2n) is 6.96. The molecule has 3 rings (SSSR count). The Balaban J connectivity index is 1.50. The van der Waals surface area contributed by atoms with Crippen LogP contribution >= 0.6 is 0 Å². The predicted molar refractivity (Wildman–Crippen MR) is 94.1 cm³/mol. The lowest BCUT2D eigenvalue weighted by atomic mass is 9.90. The molecule has 0 bridgehead atoms. The standard InChI is InChI=1S/C20H26N2O2/c1-14-4-6-17(7-5-14)8-9-18-10-12-22(13-11-18)20(23)19-15(2)21-24-16(19)3/h4-7,18H,8-13H2,1-3H3. The summed E-state index contributed by atoms with van der Waals surface area (Å²) in [7, 11) is 0. The molecular weight excluding hydrogens is 300 g/mol. The molecule has 0 atom stereocenters. The first-order chi connectivity index (χ1) is 11.5. The van der Waals surface area contributed by atoms with Gasteiger partial charge in [0.2, 0.25) is 0 Å². The first kappa shape index (κ1) is 16.7. The van der Waals surface area contributed by atoms with E-state index in [9.17, 15) is 4.79 Å². The molecule has 1 saturated heterocycles. The molecule has 2 aromatic rings. The van der Waals surface area contributed by atoms with Gasteiger partial charge in [-0.2, -0.15) is 0 Å². The Morgan fingerprint density at radius 1 is 1.17 bits per heavy atom. The Labute approximate surface area is 143 Å². The Morgan fingerprint density at radius 3 is 2.42 bits per heavy atom. The molecule has 0 N–H and O–H groups in total. The van der Waals surface area contributed by atoms with Crippen LogP contribution in [0.5, 0.6) is 0 Å². The van der Waals surface area contributed by atoms with Gasteiger partial charge in [0.15, 0.2) is 0 Å². The van der Waals surface area contributed by atoms with Crippen LogP contribution in [0, 0.1) is 26.7 Å². The van der Waals surface area contributed by atoms with Crippen molar-refractivity contribution in [2.45, 2.75) is 46.5 Å². The zero-order valence-corrected chi connectivity index (χ0v) is 14.8. The van der Waals surface area contributed by atoms with Crippen LogP contribution in [0.3, 0.4) is 0 Å². The summed E-state index contributed by atoms with van der Waals surface area (Å²) in [5.74, 6) is 1.40. The number of carbonyl (C=O) groups is 1. The number of likely N-dealkylation sites (tertiary alicyclic amines) is 1. The van der Waals surface area contributed by atoms with Gasteiger partial charge in [0, 0.05) is 13.1 Å². The number of piperidine rings is 1. The first-order valence-corrected chi connectivity index (χ1v) is 8.82. The van der Waals surface area contributed by atoms with Crippen LogP contribution < -0.4 is 0 Å². The van der Waals surface area contributed by atoms with Gasteiger partial charge in [-0.3, -0.25) is 4.79 Å². The Morgan fingerprint density at radius 2 is 1.83 bits per heavy atom. The molecule has 0 saturated carbocycles. The fourth-order valence-corrected chi connectivity index (χ4v) is 3.50. The molecule has 0 spiro atoms. The molecule has 0 unspecified atom stereocenters. The van der Waals surface area contributed by atoms with Crippen molar-refractivity contribution in [1.29, 1.82) is 0 Å². The first-order valence-electron chi connectivity index (χ1n) is 8.82. The number of amides is 1. The molecule has 1 amide bonds. The maximum absolute atomic E-state index is 12.6. The van der Waals surface area contributed by atoms with Gasteiger partial charge in [-0.15, -0.1) is 0 Å². The Hall–Kier alpha value is -2.10. The molecule has 1 aliphatic rings. The minimum Gasteiger partial charge on any atom is -0.361 e. The van der Waals surface area contributed by atoms with Crippen LogP contribution in [-0.2, 0) is 6.42 Å². The Kier molecular flexibility index (Phi) is 5.03. The molecule has 1 aromatic carbocycles. The fraction of sp³-hybridized carbons (Fsp3) is 0.500. The minimum absolute atomic E-state index is 0.0724. The van der Waals surface area contributed by atoms with E-state index in [0.717, 1.165) is 32.4 Å². The van der Waals surface area contributed by atoms with E-state index in [1.807, 2.05) is 18.7 Å². The number of nitrogens with zero attached hydrogens (tertiary/aromatic N) is 2. The monoisotopic (exact) mass is 326 g/mol. The smallest absolute Gasteiger partial charge is 0.259 e. The van der Waals surface area contributed by atoms with Crippen molar-refractivity contribution in [3.05, 3.63) is 52.4 Å². The van der Waals surface area contributed by atoms with Crippen molar-refractivity contribution < 1.29 is 9.32 Å². The summed E-state index contributed by atoms with van der Waals surface area (Å²) < 4.78 is 5.13. The molecule has 24 heavy (non-hydrogen) atoms. The average molecular weight is 326 g/mol. The van der Waals surface area contributed by atoms with Crippen LogP contribution in [0.2, 0.25) is 0 Å². The highest BCUT2D eigenvalue weighted by Gasteiger charge is 2.27. The van der Waals surface area contributed by atoms with E-state index in [4.69, 9.17) is 4.52 Å². The number of aromatic nitrogens is 1. The second-order valence-corrected chi connectivity index (χ2v) is 6.96. The molecule has 2 heterocycles. The summed E-state index contributed by atoms with van der Waals surface area (Å²) in [6.07, 6.45) is 4.50. The van der Waals surface area contributed by atoms with Gasteiger partial charge >= 0.3 is 0 Å². The molecule has 1 aliphatic heterocycles. The van der Waals surface area contributed by atoms with Gasteiger partial charge in [-0.05, 0) is 57.9 Å². The van der Waals surface area contributed by atoms with Gasteiger partial charge < -0.3 is 9.42 Å². The van der Waals surface area contributed by atoms with E-state index in [1.54, 1.807) is 0 Å². The molecule has 1 fully saturated rings. The van der Waals surface area contributed by atoms with E-state index in [1.165, 1.54) is 17.5 Å². The minimum atomic E-state index is 0.0724. The number of benzene rings is 1. The highest BCUT2D eigenvalue weighted by molar-refractivity contribution is 5.96. The van der Waals surface area contributed by atoms with Crippen LogP contribution in [0.15, 0.2) is 28.8 Å². The van der Waals surface area contributed by atoms with E-state index >= 15 is 0 Å². The van der Waals surface area contributed by atoms with Crippen LogP contribution in [0.1, 0.15) is 52.2 Å². The number of hydrogen-bond acceptors (Lipinski definition) is 3. The van der Waals surface area contributed by atoms with Gasteiger partial charge in [-0.1, -0.05) is 35.0 Å². The van der Waals surface area contributed by atoms with E-state index in [2.05, 4.69) is 36.3 Å². The van der Waals surface area contributed by atoms with Crippen molar-refractivity contribution in [1.82, 2.24) is 10.1 Å². The van der Waals surface area contributed by atoms with Gasteiger partial charge in [-0.25, -0.2) is 0 Å².